The van der Waals surface area contributed by atoms with E-state index < -0.39 is 17.8 Å². The Hall–Kier alpha value is 0.554. The molecular weight excluding hydrogens is 230 g/mol. The Labute approximate surface area is 99.2 Å². The van der Waals surface area contributed by atoms with Crippen LogP contribution in [-0.4, -0.2) is 27.9 Å². The van der Waals surface area contributed by atoms with Crippen molar-refractivity contribution < 1.29 is 27.7 Å². The van der Waals surface area contributed by atoms with Crippen molar-refractivity contribution in [2.75, 3.05) is 27.9 Å². The summed E-state index contributed by atoms with van der Waals surface area (Å²) in [6, 6.07) is 0. The van der Waals surface area contributed by atoms with E-state index in [1.54, 1.807) is 21.3 Å². The zero-order valence-corrected chi connectivity index (χ0v) is 12.4. The van der Waals surface area contributed by atoms with E-state index in [1.807, 2.05) is 0 Å². The Morgan fingerprint density at radius 1 is 0.933 bits per heavy atom. The van der Waals surface area contributed by atoms with Crippen LogP contribution in [0.1, 0.15) is 33.1 Å². The van der Waals surface area contributed by atoms with E-state index in [1.165, 1.54) is 12.8 Å². The first-order chi connectivity index (χ1) is 7.16. The summed E-state index contributed by atoms with van der Waals surface area (Å²) in [5, 5.41) is 0. The second kappa shape index (κ2) is 12.6. The van der Waals surface area contributed by atoms with Crippen molar-refractivity contribution in [3.8, 4) is 0 Å². The van der Waals surface area contributed by atoms with Crippen LogP contribution in [0.5, 0.6) is 0 Å². The van der Waals surface area contributed by atoms with Gasteiger partial charge in [0.1, 0.15) is 0 Å². The number of unbranched alkanes of at least 4 members (excludes halogenated alkanes) is 1. The Bertz CT molecular complexity index is 111. The van der Waals surface area contributed by atoms with E-state index in [0.29, 0.717) is 0 Å². The van der Waals surface area contributed by atoms with Gasteiger partial charge in [-0.3, -0.25) is 0 Å². The van der Waals surface area contributed by atoms with E-state index >= 15 is 0 Å². The summed E-state index contributed by atoms with van der Waals surface area (Å²) < 4.78 is 16.6. The molecule has 0 aliphatic carbocycles. The molecule has 0 fully saturated rings. The van der Waals surface area contributed by atoms with Crippen molar-refractivity contribution in [1.82, 2.24) is 0 Å². The van der Waals surface area contributed by atoms with Crippen LogP contribution in [0, 0.1) is 0 Å². The van der Waals surface area contributed by atoms with Gasteiger partial charge < -0.3 is 5.73 Å². The predicted octanol–water partition coefficient (Wildman–Crippen LogP) is 2.40. The zero-order chi connectivity index (χ0) is 12.2. The number of hydrogen-bond acceptors (Lipinski definition) is 4. The summed E-state index contributed by atoms with van der Waals surface area (Å²) in [5.41, 5.74) is 5.14. The molecule has 0 atom stereocenters. The van der Waals surface area contributed by atoms with Gasteiger partial charge in [0.05, 0.1) is 0 Å². The molecule has 0 heterocycles. The summed E-state index contributed by atoms with van der Waals surface area (Å²) >= 11 is -2.70. The van der Waals surface area contributed by atoms with Crippen LogP contribution < -0.4 is 5.73 Å². The third kappa shape index (κ3) is 9.48. The third-order valence-electron chi connectivity index (χ3n) is 2.05. The van der Waals surface area contributed by atoms with Gasteiger partial charge in [-0.15, -0.1) is 0 Å². The molecule has 94 valence electrons. The normalized spacial score (nSPS) is 10.8. The molecule has 2 N–H and O–H groups in total. The molecule has 0 saturated heterocycles. The fourth-order valence-corrected chi connectivity index (χ4v) is 3.76. The molecule has 0 amide bonds. The van der Waals surface area contributed by atoms with Gasteiger partial charge in [0.25, 0.3) is 0 Å². The first kappa shape index (κ1) is 17.9. The van der Waals surface area contributed by atoms with E-state index in [9.17, 15) is 0 Å². The summed E-state index contributed by atoms with van der Waals surface area (Å²) in [7, 11) is 4.97. The van der Waals surface area contributed by atoms with E-state index in [0.717, 1.165) is 17.7 Å². The monoisotopic (exact) mass is 257 g/mol. The first-order valence-corrected chi connectivity index (χ1v) is 8.53. The van der Waals surface area contributed by atoms with Gasteiger partial charge in [-0.25, -0.2) is 0 Å². The molecule has 15 heavy (non-hydrogen) atoms. The molecule has 5 heteroatoms. The molecule has 0 aromatic heterocycles. The third-order valence-corrected chi connectivity index (χ3v) is 6.70. The molecule has 0 saturated carbocycles. The van der Waals surface area contributed by atoms with E-state index in [2.05, 4.69) is 13.8 Å². The fourth-order valence-electron chi connectivity index (χ4n) is 1.07. The Morgan fingerprint density at radius 3 is 1.47 bits per heavy atom. The van der Waals surface area contributed by atoms with E-state index in [-0.39, 0.29) is 0 Å². The van der Waals surface area contributed by atoms with Crippen LogP contribution in [0.2, 0.25) is 4.73 Å². The molecule has 0 aliphatic rings. The molecule has 0 aromatic carbocycles. The van der Waals surface area contributed by atoms with Gasteiger partial charge in [-0.2, -0.15) is 0 Å². The standard InChI is InChI=1S/C4H11N.C3H7.3CH3O.Ti/c1-2-3-4-5;1-3-2;3*1-2;/h2-5H2,1H3;1,3H2,2H3;3*1H3;/q;;3*-1;+3. The minimum atomic E-state index is -2.70. The van der Waals surface area contributed by atoms with Gasteiger partial charge in [-0.1, -0.05) is 13.3 Å². The molecular formula is C10H27NO3Ti. The molecule has 0 aliphatic heterocycles. The van der Waals surface area contributed by atoms with Crippen LogP contribution in [0.4, 0.5) is 0 Å². The van der Waals surface area contributed by atoms with Crippen molar-refractivity contribution in [2.45, 2.75) is 37.8 Å². The average Bonchev–Trinajstić information content (AvgIpc) is 2.28. The summed E-state index contributed by atoms with van der Waals surface area (Å²) in [6.45, 7) is 5.07. The second-order valence-corrected chi connectivity index (χ2v) is 8.01. The SMILES string of the molecule is CCCCN.CC[CH2][Ti]([O]C)([O]C)[O]C. The summed E-state index contributed by atoms with van der Waals surface area (Å²) in [4.78, 5) is 0. The van der Waals surface area contributed by atoms with Gasteiger partial charge >= 0.3 is 67.1 Å². The topological polar surface area (TPSA) is 53.7 Å². The average molecular weight is 257 g/mol. The van der Waals surface area contributed by atoms with E-state index in [4.69, 9.17) is 15.7 Å². The molecule has 0 radical (unpaired) electrons. The van der Waals surface area contributed by atoms with Gasteiger partial charge in [0.15, 0.2) is 0 Å². The Balaban J connectivity index is 0. The van der Waals surface area contributed by atoms with Crippen LogP contribution in [0.25, 0.3) is 0 Å². The maximum absolute atomic E-state index is 5.22. The van der Waals surface area contributed by atoms with Crippen molar-refractivity contribution in [2.24, 2.45) is 5.73 Å². The number of nitrogens with two attached hydrogens (primary N) is 1. The summed E-state index contributed by atoms with van der Waals surface area (Å²) in [6.07, 6.45) is 3.44. The zero-order valence-electron chi connectivity index (χ0n) is 10.8. The number of hydrogen-bond donors (Lipinski definition) is 1. The van der Waals surface area contributed by atoms with Crippen LogP contribution in [-0.2, 0) is 27.7 Å². The predicted molar refractivity (Wildman–Crippen MR) is 60.1 cm³/mol. The fraction of sp³-hybridized carbons (Fsp3) is 1.00. The summed E-state index contributed by atoms with van der Waals surface area (Å²) in [5.74, 6) is 0. The van der Waals surface area contributed by atoms with Crippen molar-refractivity contribution in [1.29, 1.82) is 0 Å². The molecule has 0 rings (SSSR count). The molecule has 0 spiro atoms. The van der Waals surface area contributed by atoms with Crippen LogP contribution in [0.15, 0.2) is 0 Å². The van der Waals surface area contributed by atoms with Crippen molar-refractivity contribution in [3.05, 3.63) is 0 Å². The van der Waals surface area contributed by atoms with Gasteiger partial charge in [0.2, 0.25) is 0 Å². The quantitative estimate of drug-likeness (QED) is 0.711. The van der Waals surface area contributed by atoms with Gasteiger partial charge in [0, 0.05) is 0 Å². The van der Waals surface area contributed by atoms with Gasteiger partial charge in [-0.05, 0) is 13.0 Å². The molecule has 0 aromatic rings. The van der Waals surface area contributed by atoms with Crippen LogP contribution in [0.3, 0.4) is 0 Å². The first-order valence-electron chi connectivity index (χ1n) is 5.51. The molecule has 0 unspecified atom stereocenters. The minimum absolute atomic E-state index is 0.844. The van der Waals surface area contributed by atoms with Crippen molar-refractivity contribution in [3.63, 3.8) is 0 Å². The number of rotatable bonds is 7. The Kier molecular flexibility index (Phi) is 15.1. The molecule has 0 bridgehead atoms. The Morgan fingerprint density at radius 2 is 1.40 bits per heavy atom. The maximum atomic E-state index is 5.22. The van der Waals surface area contributed by atoms with Crippen LogP contribution >= 0.6 is 0 Å². The molecule has 4 nitrogen and oxygen atoms in total. The van der Waals surface area contributed by atoms with Crippen molar-refractivity contribution >= 4 is 0 Å². The second-order valence-electron chi connectivity index (χ2n) is 3.19.